The van der Waals surface area contributed by atoms with Crippen LogP contribution in [-0.2, 0) is 52.3 Å². The highest BCUT2D eigenvalue weighted by atomic mass is 16.8. The summed E-state index contributed by atoms with van der Waals surface area (Å²) in [5.41, 5.74) is 0. The van der Waals surface area contributed by atoms with Gasteiger partial charge in [0.2, 0.25) is 17.7 Å². The van der Waals surface area contributed by atoms with Crippen LogP contribution in [0.15, 0.2) is 0 Å². The standard InChI is InChI=1S/C29H50N4O16/c1-16(34)3-7-43-11-12-44-8-4-30-18(35)13-33-14-19(36)31-5-9-45-27-24(41)22(39)25(42)28(49-27)48-26-23(40)21(38)17(2)47-29(26)46-10-6-32-20(37)15-33/h17,21-29,38-42H,3-15H2,1-2H3,(H,30,35)(H,31,36)(H,32,37)/t17-,21+,22-,23+,24-,25-,26-,27+,28+,29+/m0/s1. The summed E-state index contributed by atoms with van der Waals surface area (Å²) >= 11 is 0. The van der Waals surface area contributed by atoms with Gasteiger partial charge >= 0.3 is 0 Å². The number of nitrogens with zero attached hydrogens (tertiary/aromatic N) is 1. The quantitative estimate of drug-likeness (QED) is 0.0928. The van der Waals surface area contributed by atoms with Crippen LogP contribution >= 0.6 is 0 Å². The summed E-state index contributed by atoms with van der Waals surface area (Å²) in [4.78, 5) is 50.3. The van der Waals surface area contributed by atoms with Gasteiger partial charge in [0.25, 0.3) is 0 Å². The Labute approximate surface area is 283 Å². The van der Waals surface area contributed by atoms with E-state index in [1.165, 1.54) is 18.7 Å². The Balaban J connectivity index is 1.59. The van der Waals surface area contributed by atoms with Gasteiger partial charge in [0.1, 0.15) is 42.4 Å². The van der Waals surface area contributed by atoms with Crippen molar-refractivity contribution >= 4 is 23.5 Å². The minimum Gasteiger partial charge on any atom is -0.388 e. The average Bonchev–Trinajstić information content (AvgIpc) is 3.04. The molecule has 3 heterocycles. The monoisotopic (exact) mass is 710 g/mol. The Kier molecular flexibility index (Phi) is 17.6. The number of nitrogens with one attached hydrogen (secondary N) is 3. The molecule has 3 aliphatic rings. The van der Waals surface area contributed by atoms with Crippen LogP contribution in [0.2, 0.25) is 0 Å². The predicted octanol–water partition coefficient (Wildman–Crippen LogP) is -5.69. The lowest BCUT2D eigenvalue weighted by atomic mass is 9.99. The van der Waals surface area contributed by atoms with Gasteiger partial charge in [-0.25, -0.2) is 0 Å². The van der Waals surface area contributed by atoms with Crippen LogP contribution < -0.4 is 16.0 Å². The fourth-order valence-electron chi connectivity index (χ4n) is 4.98. The van der Waals surface area contributed by atoms with E-state index in [1.54, 1.807) is 0 Å². The third-order valence-corrected chi connectivity index (χ3v) is 7.65. The number of carbonyl (C=O) groups excluding carboxylic acids is 4. The van der Waals surface area contributed by atoms with Crippen molar-refractivity contribution in [1.29, 1.82) is 0 Å². The second kappa shape index (κ2) is 21.0. The lowest BCUT2D eigenvalue weighted by Gasteiger charge is -2.45. The van der Waals surface area contributed by atoms with E-state index in [0.29, 0.717) is 19.6 Å². The molecule has 3 aliphatic heterocycles. The van der Waals surface area contributed by atoms with Crippen LogP contribution in [0.25, 0.3) is 0 Å². The summed E-state index contributed by atoms with van der Waals surface area (Å²) in [7, 11) is 0. The molecular formula is C29H50N4O16. The Hall–Kier alpha value is -2.44. The molecule has 3 rings (SSSR count). The predicted molar refractivity (Wildman–Crippen MR) is 162 cm³/mol. The van der Waals surface area contributed by atoms with Crippen molar-refractivity contribution in [2.24, 2.45) is 0 Å². The van der Waals surface area contributed by atoms with E-state index in [2.05, 4.69) is 16.0 Å². The Morgan fingerprint density at radius 1 is 0.776 bits per heavy atom. The molecule has 0 saturated carbocycles. The number of aliphatic hydroxyl groups excluding tert-OH is 5. The molecule has 0 aromatic carbocycles. The molecule has 3 fully saturated rings. The van der Waals surface area contributed by atoms with Crippen LogP contribution in [0, 0.1) is 0 Å². The zero-order valence-electron chi connectivity index (χ0n) is 27.6. The Morgan fingerprint density at radius 2 is 1.37 bits per heavy atom. The van der Waals surface area contributed by atoms with Crippen molar-refractivity contribution in [3.8, 4) is 0 Å². The average molecular weight is 711 g/mol. The van der Waals surface area contributed by atoms with Gasteiger partial charge in [-0.15, -0.1) is 0 Å². The zero-order valence-corrected chi connectivity index (χ0v) is 27.6. The minimum absolute atomic E-state index is 0.0276. The molecule has 282 valence electrons. The van der Waals surface area contributed by atoms with E-state index >= 15 is 0 Å². The summed E-state index contributed by atoms with van der Waals surface area (Å²) in [6.45, 7) is 2.62. The van der Waals surface area contributed by atoms with Gasteiger partial charge in [-0.1, -0.05) is 0 Å². The molecule has 10 atom stereocenters. The summed E-state index contributed by atoms with van der Waals surface area (Å²) < 4.78 is 38.7. The highest BCUT2D eigenvalue weighted by molar-refractivity contribution is 5.84. The SMILES string of the molecule is CC(=O)CCOCCOCCNC(=O)CN1CC(=O)NCCO[C@@H]2O[C@@H](O[C@@H]3[C@H](OCCNC(=O)C1)O[C@@H](C)[C@@H](O)[C@H]3O)[C@@H](O)[C@@H](O)[C@@H]2O. The molecule has 0 spiro atoms. The minimum atomic E-state index is -1.80. The summed E-state index contributed by atoms with van der Waals surface area (Å²) in [6, 6.07) is 0. The van der Waals surface area contributed by atoms with E-state index in [4.69, 9.17) is 33.2 Å². The number of ketones is 1. The first-order chi connectivity index (χ1) is 23.4. The molecule has 0 aromatic rings. The van der Waals surface area contributed by atoms with Gasteiger partial charge in [0, 0.05) is 26.1 Å². The first kappa shape index (κ1) is 41.0. The molecule has 20 heteroatoms. The number of amides is 3. The molecule has 0 radical (unpaired) electrons. The Bertz CT molecular complexity index is 1060. The highest BCUT2D eigenvalue weighted by Gasteiger charge is 2.50. The van der Waals surface area contributed by atoms with Crippen LogP contribution in [-0.4, -0.2) is 194 Å². The number of hydrogen-bond acceptors (Lipinski definition) is 17. The fraction of sp³-hybridized carbons (Fsp3) is 0.862. The highest BCUT2D eigenvalue weighted by Crippen LogP contribution is 2.29. The topological polar surface area (TPSA) is 273 Å². The normalized spacial score (nSPS) is 34.3. The van der Waals surface area contributed by atoms with Gasteiger partial charge in [0.15, 0.2) is 18.9 Å². The van der Waals surface area contributed by atoms with Gasteiger partial charge < -0.3 is 74.6 Å². The Morgan fingerprint density at radius 3 is 2.00 bits per heavy atom. The largest absolute Gasteiger partial charge is 0.388 e. The van der Waals surface area contributed by atoms with E-state index < -0.39 is 79.3 Å². The van der Waals surface area contributed by atoms with Crippen molar-refractivity contribution in [3.05, 3.63) is 0 Å². The lowest BCUT2D eigenvalue weighted by Crippen LogP contribution is -2.64. The number of carbonyl (C=O) groups is 4. The number of fused-ring (bicyclic) bond motifs is 3. The summed E-state index contributed by atoms with van der Waals surface area (Å²) in [5.74, 6) is -1.53. The number of Topliss-reactive ketones (excluding diaryl/α,β-unsaturated/α-hetero) is 1. The van der Waals surface area contributed by atoms with Gasteiger partial charge in [-0.05, 0) is 13.8 Å². The van der Waals surface area contributed by atoms with Crippen molar-refractivity contribution in [3.63, 3.8) is 0 Å². The lowest BCUT2D eigenvalue weighted by molar-refractivity contribution is -0.387. The third kappa shape index (κ3) is 13.7. The molecule has 2 bridgehead atoms. The molecule has 3 saturated heterocycles. The summed E-state index contributed by atoms with van der Waals surface area (Å²) in [5, 5.41) is 60.3. The molecule has 0 aromatic heterocycles. The second-order valence-corrected chi connectivity index (χ2v) is 11.7. The van der Waals surface area contributed by atoms with Crippen molar-refractivity contribution < 1.29 is 77.9 Å². The first-order valence-electron chi connectivity index (χ1n) is 16.1. The van der Waals surface area contributed by atoms with E-state index in [9.17, 15) is 44.7 Å². The van der Waals surface area contributed by atoms with E-state index in [1.807, 2.05) is 0 Å². The van der Waals surface area contributed by atoms with Crippen LogP contribution in [0.5, 0.6) is 0 Å². The smallest absolute Gasteiger partial charge is 0.234 e. The number of hydrogen-bond donors (Lipinski definition) is 8. The number of aliphatic hydroxyl groups is 5. The maximum Gasteiger partial charge on any atom is 0.234 e. The van der Waals surface area contributed by atoms with Crippen molar-refractivity contribution in [2.45, 2.75) is 81.9 Å². The maximum absolute atomic E-state index is 12.8. The molecule has 0 unspecified atom stereocenters. The molecule has 8 N–H and O–H groups in total. The molecule has 3 amide bonds. The van der Waals surface area contributed by atoms with Crippen molar-refractivity contribution in [2.75, 3.05) is 78.9 Å². The zero-order chi connectivity index (χ0) is 35.9. The second-order valence-electron chi connectivity index (χ2n) is 11.7. The van der Waals surface area contributed by atoms with Gasteiger partial charge in [-0.2, -0.15) is 0 Å². The first-order valence-corrected chi connectivity index (χ1v) is 16.1. The molecular weight excluding hydrogens is 660 g/mol. The van der Waals surface area contributed by atoms with Gasteiger partial charge in [-0.3, -0.25) is 24.1 Å². The molecule has 49 heavy (non-hydrogen) atoms. The maximum atomic E-state index is 12.8. The van der Waals surface area contributed by atoms with Crippen LogP contribution in [0.1, 0.15) is 20.3 Å². The number of rotatable bonds is 11. The van der Waals surface area contributed by atoms with Crippen molar-refractivity contribution in [1.82, 2.24) is 20.9 Å². The third-order valence-electron chi connectivity index (χ3n) is 7.65. The van der Waals surface area contributed by atoms with E-state index in [0.717, 1.165) is 0 Å². The van der Waals surface area contributed by atoms with Crippen LogP contribution in [0.4, 0.5) is 0 Å². The van der Waals surface area contributed by atoms with Gasteiger partial charge in [0.05, 0.1) is 65.4 Å². The fourth-order valence-corrected chi connectivity index (χ4v) is 4.98. The van der Waals surface area contributed by atoms with E-state index in [-0.39, 0.29) is 71.5 Å². The van der Waals surface area contributed by atoms with Crippen LogP contribution in [0.3, 0.4) is 0 Å². The molecule has 20 nitrogen and oxygen atoms in total. The summed E-state index contributed by atoms with van der Waals surface area (Å²) in [6.07, 6.45) is -14.9. The number of ether oxygens (including phenoxy) is 7. The molecule has 0 aliphatic carbocycles.